The van der Waals surface area contributed by atoms with Gasteiger partial charge in [-0.15, -0.1) is 0 Å². The fourth-order valence-corrected chi connectivity index (χ4v) is 2.10. The highest BCUT2D eigenvalue weighted by Crippen LogP contribution is 2.33. The molecular formula is C15H21N3O2. The molecule has 0 atom stereocenters. The van der Waals surface area contributed by atoms with Gasteiger partial charge >= 0.3 is 0 Å². The van der Waals surface area contributed by atoms with Gasteiger partial charge in [-0.1, -0.05) is 12.1 Å². The number of nitrogens with zero attached hydrogens (tertiary/aromatic N) is 2. The quantitative estimate of drug-likeness (QED) is 0.880. The van der Waals surface area contributed by atoms with Gasteiger partial charge < -0.3 is 14.8 Å². The molecule has 0 amide bonds. The van der Waals surface area contributed by atoms with Gasteiger partial charge in [-0.05, 0) is 33.0 Å². The fourth-order valence-electron chi connectivity index (χ4n) is 2.10. The smallest absolute Gasteiger partial charge is 0.222 e. The van der Waals surface area contributed by atoms with Gasteiger partial charge in [0.05, 0.1) is 17.9 Å². The van der Waals surface area contributed by atoms with Crippen molar-refractivity contribution in [1.29, 1.82) is 0 Å². The Morgan fingerprint density at radius 1 is 1.25 bits per heavy atom. The van der Waals surface area contributed by atoms with Crippen LogP contribution in [0, 0.1) is 6.92 Å². The summed E-state index contributed by atoms with van der Waals surface area (Å²) in [6.07, 6.45) is 0. The number of hydrogen-bond donors (Lipinski definition) is 1. The van der Waals surface area contributed by atoms with Gasteiger partial charge in [-0.25, -0.2) is 4.68 Å². The van der Waals surface area contributed by atoms with Crippen LogP contribution in [-0.2, 0) is 13.6 Å². The van der Waals surface area contributed by atoms with Crippen molar-refractivity contribution in [2.24, 2.45) is 7.05 Å². The number of aromatic nitrogens is 2. The molecule has 0 saturated carbocycles. The third-order valence-electron chi connectivity index (χ3n) is 3.00. The molecule has 0 aliphatic heterocycles. The molecule has 2 aromatic rings. The van der Waals surface area contributed by atoms with E-state index in [9.17, 15) is 0 Å². The molecule has 0 saturated heterocycles. The highest BCUT2D eigenvalue weighted by molar-refractivity contribution is 5.43. The SMILES string of the molecule is CCOc1ccccc1Oc1c(CNC)c(C)nn1C. The Morgan fingerprint density at radius 2 is 1.95 bits per heavy atom. The molecule has 1 N–H and O–H groups in total. The number of para-hydroxylation sites is 2. The van der Waals surface area contributed by atoms with E-state index in [4.69, 9.17) is 9.47 Å². The largest absolute Gasteiger partial charge is 0.490 e. The van der Waals surface area contributed by atoms with Crippen LogP contribution in [0.3, 0.4) is 0 Å². The minimum Gasteiger partial charge on any atom is -0.490 e. The first-order valence-corrected chi connectivity index (χ1v) is 6.74. The highest BCUT2D eigenvalue weighted by Gasteiger charge is 2.16. The zero-order valence-corrected chi connectivity index (χ0v) is 12.4. The maximum absolute atomic E-state index is 6.03. The molecule has 0 unspecified atom stereocenters. The Kier molecular flexibility index (Phi) is 4.63. The predicted octanol–water partition coefficient (Wildman–Crippen LogP) is 2.64. The van der Waals surface area contributed by atoms with E-state index in [1.165, 1.54) is 0 Å². The van der Waals surface area contributed by atoms with E-state index < -0.39 is 0 Å². The molecule has 0 aliphatic carbocycles. The number of nitrogens with one attached hydrogen (secondary N) is 1. The van der Waals surface area contributed by atoms with Crippen LogP contribution in [0.25, 0.3) is 0 Å². The van der Waals surface area contributed by atoms with E-state index in [-0.39, 0.29) is 0 Å². The standard InChI is InChI=1S/C15H21N3O2/c1-5-19-13-8-6-7-9-14(13)20-15-12(10-16-3)11(2)17-18(15)4/h6-9,16H,5,10H2,1-4H3. The summed E-state index contributed by atoms with van der Waals surface area (Å²) in [5, 5.41) is 7.55. The maximum atomic E-state index is 6.03. The zero-order chi connectivity index (χ0) is 14.5. The van der Waals surface area contributed by atoms with Crippen LogP contribution in [0.5, 0.6) is 17.4 Å². The Labute approximate surface area is 119 Å². The third kappa shape index (κ3) is 2.93. The van der Waals surface area contributed by atoms with Crippen molar-refractivity contribution in [1.82, 2.24) is 15.1 Å². The number of rotatable bonds is 6. The monoisotopic (exact) mass is 275 g/mol. The minimum atomic E-state index is 0.605. The van der Waals surface area contributed by atoms with Crippen molar-refractivity contribution in [2.45, 2.75) is 20.4 Å². The summed E-state index contributed by atoms with van der Waals surface area (Å²) in [5.74, 6) is 2.18. The van der Waals surface area contributed by atoms with Crippen molar-refractivity contribution in [2.75, 3.05) is 13.7 Å². The van der Waals surface area contributed by atoms with Crippen molar-refractivity contribution in [3.05, 3.63) is 35.5 Å². The van der Waals surface area contributed by atoms with Crippen molar-refractivity contribution >= 4 is 0 Å². The second-order valence-electron chi connectivity index (χ2n) is 4.50. The minimum absolute atomic E-state index is 0.605. The van der Waals surface area contributed by atoms with Crippen molar-refractivity contribution in [3.8, 4) is 17.4 Å². The van der Waals surface area contributed by atoms with Gasteiger partial charge in [0.15, 0.2) is 11.5 Å². The van der Waals surface area contributed by atoms with E-state index in [1.807, 2.05) is 52.2 Å². The van der Waals surface area contributed by atoms with Gasteiger partial charge in [0.2, 0.25) is 5.88 Å². The number of ether oxygens (including phenoxy) is 2. The molecule has 0 bridgehead atoms. The van der Waals surface area contributed by atoms with Crippen LogP contribution in [0.1, 0.15) is 18.2 Å². The molecular weight excluding hydrogens is 254 g/mol. The lowest BCUT2D eigenvalue weighted by molar-refractivity contribution is 0.316. The number of aryl methyl sites for hydroxylation is 2. The highest BCUT2D eigenvalue weighted by atomic mass is 16.5. The zero-order valence-electron chi connectivity index (χ0n) is 12.4. The lowest BCUT2D eigenvalue weighted by Gasteiger charge is -2.12. The molecule has 1 aromatic heterocycles. The van der Waals surface area contributed by atoms with Gasteiger partial charge in [0.25, 0.3) is 0 Å². The Hall–Kier alpha value is -2.01. The van der Waals surface area contributed by atoms with Crippen LogP contribution in [0.2, 0.25) is 0 Å². The van der Waals surface area contributed by atoms with Crippen molar-refractivity contribution < 1.29 is 9.47 Å². The van der Waals surface area contributed by atoms with Crippen LogP contribution in [-0.4, -0.2) is 23.4 Å². The van der Waals surface area contributed by atoms with Crippen molar-refractivity contribution in [3.63, 3.8) is 0 Å². The molecule has 5 heteroatoms. The molecule has 0 aliphatic rings. The van der Waals surface area contributed by atoms with E-state index >= 15 is 0 Å². The number of benzene rings is 1. The summed E-state index contributed by atoms with van der Waals surface area (Å²) in [5.41, 5.74) is 2.02. The molecule has 1 heterocycles. The normalized spacial score (nSPS) is 10.6. The van der Waals surface area contributed by atoms with E-state index in [2.05, 4.69) is 10.4 Å². The van der Waals surface area contributed by atoms with Gasteiger partial charge in [-0.3, -0.25) is 0 Å². The van der Waals surface area contributed by atoms with Gasteiger partial charge in [0, 0.05) is 13.6 Å². The van der Waals surface area contributed by atoms with E-state index in [0.717, 1.165) is 22.9 Å². The molecule has 0 fully saturated rings. The first-order chi connectivity index (χ1) is 9.67. The summed E-state index contributed by atoms with van der Waals surface area (Å²) < 4.78 is 13.4. The molecule has 5 nitrogen and oxygen atoms in total. The van der Waals surface area contributed by atoms with Gasteiger partial charge in [0.1, 0.15) is 0 Å². The third-order valence-corrected chi connectivity index (χ3v) is 3.00. The molecule has 0 spiro atoms. The molecule has 1 aromatic carbocycles. The van der Waals surface area contributed by atoms with Crippen LogP contribution in [0.4, 0.5) is 0 Å². The first-order valence-electron chi connectivity index (χ1n) is 6.74. The summed E-state index contributed by atoms with van der Waals surface area (Å²) in [6, 6.07) is 7.66. The molecule has 2 rings (SSSR count). The lowest BCUT2D eigenvalue weighted by Crippen LogP contribution is -2.07. The second-order valence-corrected chi connectivity index (χ2v) is 4.50. The second kappa shape index (κ2) is 6.43. The fraction of sp³-hybridized carbons (Fsp3) is 0.400. The Balaban J connectivity index is 2.34. The van der Waals surface area contributed by atoms with E-state index in [0.29, 0.717) is 18.9 Å². The predicted molar refractivity (Wildman–Crippen MR) is 78.4 cm³/mol. The van der Waals surface area contributed by atoms with Gasteiger partial charge in [-0.2, -0.15) is 5.10 Å². The topological polar surface area (TPSA) is 48.3 Å². The van der Waals surface area contributed by atoms with E-state index in [1.54, 1.807) is 4.68 Å². The first kappa shape index (κ1) is 14.4. The summed E-state index contributed by atoms with van der Waals surface area (Å²) >= 11 is 0. The Bertz CT molecular complexity index is 578. The average Bonchev–Trinajstić information content (AvgIpc) is 2.69. The Morgan fingerprint density at radius 3 is 2.60 bits per heavy atom. The summed E-state index contributed by atoms with van der Waals surface area (Å²) in [6.45, 7) is 5.26. The molecule has 20 heavy (non-hydrogen) atoms. The number of hydrogen-bond acceptors (Lipinski definition) is 4. The lowest BCUT2D eigenvalue weighted by atomic mass is 10.2. The molecule has 0 radical (unpaired) electrons. The van der Waals surface area contributed by atoms with Crippen LogP contribution in [0.15, 0.2) is 24.3 Å². The maximum Gasteiger partial charge on any atom is 0.222 e. The summed E-state index contributed by atoms with van der Waals surface area (Å²) in [7, 11) is 3.79. The molecule has 108 valence electrons. The average molecular weight is 275 g/mol. The van der Waals surface area contributed by atoms with Crippen LogP contribution >= 0.6 is 0 Å². The van der Waals surface area contributed by atoms with Crippen LogP contribution < -0.4 is 14.8 Å². The summed E-state index contributed by atoms with van der Waals surface area (Å²) in [4.78, 5) is 0.